The lowest BCUT2D eigenvalue weighted by molar-refractivity contribution is -0.138. The van der Waals surface area contributed by atoms with E-state index in [1.807, 2.05) is 6.92 Å². The van der Waals surface area contributed by atoms with Crippen LogP contribution in [0.5, 0.6) is 0 Å². The number of unbranched alkanes of at least 4 members (excludes halogenated alkanes) is 1. The summed E-state index contributed by atoms with van der Waals surface area (Å²) >= 11 is 0. The number of hydrogen-bond acceptors (Lipinski definition) is 3. The summed E-state index contributed by atoms with van der Waals surface area (Å²) in [5.74, 6) is -0.0453. The first kappa shape index (κ1) is 13.9. The Morgan fingerprint density at radius 1 is 1.13 bits per heavy atom. The molecule has 0 aliphatic rings. The molecule has 0 atom stereocenters. The van der Waals surface area contributed by atoms with Crippen molar-refractivity contribution in [3.8, 4) is 0 Å². The number of rotatable bonds is 8. The van der Waals surface area contributed by atoms with Crippen molar-refractivity contribution < 1.29 is 14.3 Å². The highest BCUT2D eigenvalue weighted by molar-refractivity contribution is 5.87. The first-order chi connectivity index (χ1) is 7.11. The molecular formula is C12H20O3. The molecule has 0 aromatic carbocycles. The van der Waals surface area contributed by atoms with Crippen molar-refractivity contribution in [3.63, 3.8) is 0 Å². The third kappa shape index (κ3) is 6.89. The fourth-order valence-corrected chi connectivity index (χ4v) is 1.17. The van der Waals surface area contributed by atoms with Crippen LogP contribution < -0.4 is 0 Å². The molecule has 0 heterocycles. The van der Waals surface area contributed by atoms with Gasteiger partial charge in [0.05, 0.1) is 6.61 Å². The van der Waals surface area contributed by atoms with Crippen LogP contribution >= 0.6 is 0 Å². The largest absolute Gasteiger partial charge is 0.463 e. The Morgan fingerprint density at radius 3 is 2.27 bits per heavy atom. The van der Waals surface area contributed by atoms with Crippen molar-refractivity contribution in [1.82, 2.24) is 0 Å². The van der Waals surface area contributed by atoms with Gasteiger partial charge in [0.15, 0.2) is 0 Å². The Balaban J connectivity index is 3.55. The summed E-state index contributed by atoms with van der Waals surface area (Å²) in [6.45, 7) is 7.66. The van der Waals surface area contributed by atoms with Gasteiger partial charge in [-0.25, -0.2) is 4.79 Å². The van der Waals surface area contributed by atoms with Crippen molar-refractivity contribution in [3.05, 3.63) is 12.2 Å². The Bertz CT molecular complexity index is 231. The monoisotopic (exact) mass is 212 g/mol. The van der Waals surface area contributed by atoms with Crippen LogP contribution in [0.3, 0.4) is 0 Å². The van der Waals surface area contributed by atoms with Crippen LogP contribution in [-0.4, -0.2) is 18.4 Å². The predicted octanol–water partition coefficient (Wildman–Crippen LogP) is 2.65. The minimum absolute atomic E-state index is 0.275. The van der Waals surface area contributed by atoms with E-state index in [2.05, 4.69) is 6.58 Å². The Kier molecular flexibility index (Phi) is 7.60. The van der Waals surface area contributed by atoms with Crippen molar-refractivity contribution >= 4 is 11.8 Å². The maximum atomic E-state index is 11.1. The Hall–Kier alpha value is -1.12. The maximum Gasteiger partial charge on any atom is 0.333 e. The minimum Gasteiger partial charge on any atom is -0.463 e. The van der Waals surface area contributed by atoms with E-state index in [0.29, 0.717) is 31.4 Å². The van der Waals surface area contributed by atoms with E-state index in [-0.39, 0.29) is 11.8 Å². The molecule has 15 heavy (non-hydrogen) atoms. The van der Waals surface area contributed by atoms with E-state index in [0.717, 1.165) is 12.8 Å². The van der Waals surface area contributed by atoms with Gasteiger partial charge < -0.3 is 4.74 Å². The number of carbonyl (C=O) groups excluding carboxylic acids is 2. The van der Waals surface area contributed by atoms with E-state index in [4.69, 9.17) is 4.74 Å². The van der Waals surface area contributed by atoms with E-state index in [1.54, 1.807) is 6.92 Å². The summed E-state index contributed by atoms with van der Waals surface area (Å²) < 4.78 is 4.80. The molecule has 0 unspecified atom stereocenters. The summed E-state index contributed by atoms with van der Waals surface area (Å²) in [6.07, 6.45) is 3.47. The molecule has 0 bridgehead atoms. The van der Waals surface area contributed by atoms with Gasteiger partial charge in [0, 0.05) is 18.4 Å². The molecule has 0 N–H and O–H groups in total. The lowest BCUT2D eigenvalue weighted by Crippen LogP contribution is -2.06. The zero-order chi connectivity index (χ0) is 11.7. The zero-order valence-electron chi connectivity index (χ0n) is 9.67. The van der Waals surface area contributed by atoms with Gasteiger partial charge in [0.25, 0.3) is 0 Å². The lowest BCUT2D eigenvalue weighted by Gasteiger charge is -2.04. The summed E-state index contributed by atoms with van der Waals surface area (Å²) in [6, 6.07) is 0. The first-order valence-electron chi connectivity index (χ1n) is 5.48. The number of carbonyl (C=O) groups is 2. The summed E-state index contributed by atoms with van der Waals surface area (Å²) in [4.78, 5) is 22.1. The molecule has 86 valence electrons. The second kappa shape index (κ2) is 8.21. The average molecular weight is 212 g/mol. The Morgan fingerprint density at radius 2 is 1.73 bits per heavy atom. The smallest absolute Gasteiger partial charge is 0.333 e. The van der Waals surface area contributed by atoms with Crippen molar-refractivity contribution in [2.75, 3.05) is 6.61 Å². The van der Waals surface area contributed by atoms with Crippen molar-refractivity contribution in [2.45, 2.75) is 46.0 Å². The number of esters is 1. The van der Waals surface area contributed by atoms with Gasteiger partial charge in [0.1, 0.15) is 5.78 Å². The SMILES string of the molecule is C=C(CCCCC(=O)CC)C(=O)OCC. The molecule has 0 spiro atoms. The average Bonchev–Trinajstić information content (AvgIpc) is 2.23. The van der Waals surface area contributed by atoms with Gasteiger partial charge in [-0.2, -0.15) is 0 Å². The zero-order valence-corrected chi connectivity index (χ0v) is 9.67. The van der Waals surface area contributed by atoms with Crippen LogP contribution in [0.2, 0.25) is 0 Å². The Labute approximate surface area is 91.5 Å². The normalized spacial score (nSPS) is 9.73. The number of ketones is 1. The van der Waals surface area contributed by atoms with Crippen LogP contribution in [-0.2, 0) is 14.3 Å². The van der Waals surface area contributed by atoms with Crippen LogP contribution in [0, 0.1) is 0 Å². The van der Waals surface area contributed by atoms with E-state index >= 15 is 0 Å². The first-order valence-corrected chi connectivity index (χ1v) is 5.48. The molecule has 0 aromatic heterocycles. The molecule has 0 aromatic rings. The molecule has 0 saturated carbocycles. The van der Waals surface area contributed by atoms with Gasteiger partial charge in [0.2, 0.25) is 0 Å². The van der Waals surface area contributed by atoms with Gasteiger partial charge in [-0.3, -0.25) is 4.79 Å². The van der Waals surface area contributed by atoms with Gasteiger partial charge in [-0.15, -0.1) is 0 Å². The number of hydrogen-bond donors (Lipinski definition) is 0. The minimum atomic E-state index is -0.320. The molecule has 0 amide bonds. The molecule has 0 aliphatic heterocycles. The highest BCUT2D eigenvalue weighted by atomic mass is 16.5. The second-order valence-corrected chi connectivity index (χ2v) is 3.42. The van der Waals surface area contributed by atoms with Crippen LogP contribution in [0.1, 0.15) is 46.0 Å². The molecular weight excluding hydrogens is 192 g/mol. The summed E-state index contributed by atoms with van der Waals surface area (Å²) in [7, 11) is 0. The van der Waals surface area contributed by atoms with Crippen molar-refractivity contribution in [2.24, 2.45) is 0 Å². The van der Waals surface area contributed by atoms with E-state index in [9.17, 15) is 9.59 Å². The number of Topliss-reactive ketones (excluding diaryl/α,β-unsaturated/α-hetero) is 1. The summed E-state index contributed by atoms with van der Waals surface area (Å²) in [5, 5.41) is 0. The molecule has 3 heteroatoms. The fraction of sp³-hybridized carbons (Fsp3) is 0.667. The van der Waals surface area contributed by atoms with Crippen molar-refractivity contribution in [1.29, 1.82) is 0 Å². The molecule has 0 saturated heterocycles. The molecule has 0 fully saturated rings. The lowest BCUT2D eigenvalue weighted by atomic mass is 10.1. The predicted molar refractivity (Wildman–Crippen MR) is 59.5 cm³/mol. The number of ether oxygens (including phenoxy) is 1. The third-order valence-corrected chi connectivity index (χ3v) is 2.14. The molecule has 0 aliphatic carbocycles. The van der Waals surface area contributed by atoms with Crippen LogP contribution in [0.25, 0.3) is 0 Å². The van der Waals surface area contributed by atoms with Gasteiger partial charge >= 0.3 is 5.97 Å². The highest BCUT2D eigenvalue weighted by Gasteiger charge is 2.07. The maximum absolute atomic E-state index is 11.1. The van der Waals surface area contributed by atoms with Crippen LogP contribution in [0.4, 0.5) is 0 Å². The van der Waals surface area contributed by atoms with Gasteiger partial charge in [-0.1, -0.05) is 13.5 Å². The quantitative estimate of drug-likeness (QED) is 0.353. The standard InChI is InChI=1S/C12H20O3/c1-4-11(13)9-7-6-8-10(3)12(14)15-5-2/h3-9H2,1-2H3. The molecule has 0 radical (unpaired) electrons. The fourth-order valence-electron chi connectivity index (χ4n) is 1.17. The topological polar surface area (TPSA) is 43.4 Å². The second-order valence-electron chi connectivity index (χ2n) is 3.42. The third-order valence-electron chi connectivity index (χ3n) is 2.14. The van der Waals surface area contributed by atoms with Gasteiger partial charge in [-0.05, 0) is 26.2 Å². The van der Waals surface area contributed by atoms with Crippen LogP contribution in [0.15, 0.2) is 12.2 Å². The summed E-state index contributed by atoms with van der Waals surface area (Å²) in [5.41, 5.74) is 0.501. The van der Waals surface area contributed by atoms with E-state index < -0.39 is 0 Å². The van der Waals surface area contributed by atoms with E-state index in [1.165, 1.54) is 0 Å². The highest BCUT2D eigenvalue weighted by Crippen LogP contribution is 2.09. The molecule has 3 nitrogen and oxygen atoms in total. The molecule has 0 rings (SSSR count).